The molecule has 2 rings (SSSR count). The third-order valence-corrected chi connectivity index (χ3v) is 2.91. The van der Waals surface area contributed by atoms with E-state index >= 15 is 0 Å². The number of benzene rings is 2. The van der Waals surface area contributed by atoms with Gasteiger partial charge in [-0.2, -0.15) is 5.26 Å². The minimum atomic E-state index is -0.353. The number of nitrogens with one attached hydrogen (secondary N) is 1. The van der Waals surface area contributed by atoms with Gasteiger partial charge in [0.25, 0.3) is 0 Å². The largest absolute Gasteiger partial charge is 0.497 e. The molecule has 0 fully saturated rings. The number of methoxy groups -OCH3 is 1. The van der Waals surface area contributed by atoms with E-state index in [2.05, 4.69) is 11.4 Å². The Morgan fingerprint density at radius 3 is 2.47 bits per heavy atom. The first-order valence-corrected chi connectivity index (χ1v) is 6.09. The Balaban J connectivity index is 2.17. The van der Waals surface area contributed by atoms with Crippen LogP contribution in [0.5, 0.6) is 5.75 Å². The molecule has 0 bridgehead atoms. The van der Waals surface area contributed by atoms with Gasteiger partial charge in [0.1, 0.15) is 11.8 Å². The lowest BCUT2D eigenvalue weighted by atomic mass is 10.1. The van der Waals surface area contributed by atoms with Crippen LogP contribution in [0.1, 0.15) is 17.2 Å². The van der Waals surface area contributed by atoms with Crippen LogP contribution in [0, 0.1) is 18.3 Å². The summed E-state index contributed by atoms with van der Waals surface area (Å²) in [6.07, 6.45) is 0. The number of hydrogen-bond acceptors (Lipinski definition) is 3. The minimum absolute atomic E-state index is 0.353. The van der Waals surface area contributed by atoms with Gasteiger partial charge < -0.3 is 10.1 Å². The fourth-order valence-corrected chi connectivity index (χ4v) is 1.89. The van der Waals surface area contributed by atoms with E-state index < -0.39 is 0 Å². The Bertz CT molecular complexity index is 584. The number of rotatable bonds is 4. The number of nitrogens with zero attached hydrogens (tertiary/aromatic N) is 1. The van der Waals surface area contributed by atoms with Crippen molar-refractivity contribution in [3.8, 4) is 11.8 Å². The second kappa shape index (κ2) is 5.92. The molecule has 0 saturated carbocycles. The Morgan fingerprint density at radius 1 is 1.16 bits per heavy atom. The Kier molecular flexibility index (Phi) is 4.04. The van der Waals surface area contributed by atoms with Crippen molar-refractivity contribution < 1.29 is 4.74 Å². The molecule has 0 aliphatic carbocycles. The third-order valence-electron chi connectivity index (χ3n) is 2.91. The zero-order valence-corrected chi connectivity index (χ0v) is 11.1. The molecule has 0 aliphatic heterocycles. The molecule has 0 spiro atoms. The lowest BCUT2D eigenvalue weighted by molar-refractivity contribution is 0.415. The van der Waals surface area contributed by atoms with Crippen LogP contribution in [0.25, 0.3) is 0 Å². The molecule has 0 saturated heterocycles. The van der Waals surface area contributed by atoms with Crippen molar-refractivity contribution in [2.24, 2.45) is 0 Å². The maximum atomic E-state index is 9.30. The third kappa shape index (κ3) is 3.26. The Morgan fingerprint density at radius 2 is 1.89 bits per heavy atom. The van der Waals surface area contributed by atoms with E-state index in [9.17, 15) is 5.26 Å². The fraction of sp³-hybridized carbons (Fsp3) is 0.188. The van der Waals surface area contributed by atoms with Gasteiger partial charge in [-0.1, -0.05) is 29.8 Å². The van der Waals surface area contributed by atoms with Gasteiger partial charge in [-0.15, -0.1) is 0 Å². The highest BCUT2D eigenvalue weighted by Crippen LogP contribution is 2.21. The fourth-order valence-electron chi connectivity index (χ4n) is 1.89. The molecule has 0 aromatic heterocycles. The van der Waals surface area contributed by atoms with E-state index in [1.165, 1.54) is 0 Å². The van der Waals surface area contributed by atoms with Crippen LogP contribution in [-0.2, 0) is 0 Å². The van der Waals surface area contributed by atoms with Gasteiger partial charge >= 0.3 is 0 Å². The zero-order chi connectivity index (χ0) is 13.7. The summed E-state index contributed by atoms with van der Waals surface area (Å²) in [7, 11) is 1.63. The van der Waals surface area contributed by atoms with Gasteiger partial charge in [0.15, 0.2) is 0 Å². The van der Waals surface area contributed by atoms with Gasteiger partial charge in [-0.05, 0) is 36.8 Å². The first kappa shape index (κ1) is 13.0. The smallest absolute Gasteiger partial charge is 0.140 e. The normalized spacial score (nSPS) is 11.4. The number of hydrogen-bond donors (Lipinski definition) is 1. The van der Waals surface area contributed by atoms with Crippen LogP contribution in [-0.4, -0.2) is 7.11 Å². The van der Waals surface area contributed by atoms with Crippen molar-refractivity contribution >= 4 is 5.69 Å². The summed E-state index contributed by atoms with van der Waals surface area (Å²) in [5, 5.41) is 12.5. The zero-order valence-electron chi connectivity index (χ0n) is 11.1. The van der Waals surface area contributed by atoms with Crippen LogP contribution in [0.2, 0.25) is 0 Å². The quantitative estimate of drug-likeness (QED) is 0.902. The lowest BCUT2D eigenvalue weighted by Gasteiger charge is -2.14. The van der Waals surface area contributed by atoms with Crippen LogP contribution >= 0.6 is 0 Å². The maximum absolute atomic E-state index is 9.30. The van der Waals surface area contributed by atoms with Crippen LogP contribution in [0.3, 0.4) is 0 Å². The summed E-state index contributed by atoms with van der Waals surface area (Å²) >= 11 is 0. The molecule has 2 aromatic rings. The molecule has 1 atom stereocenters. The van der Waals surface area contributed by atoms with Crippen molar-refractivity contribution in [2.45, 2.75) is 13.0 Å². The van der Waals surface area contributed by atoms with Gasteiger partial charge in [-0.25, -0.2) is 0 Å². The van der Waals surface area contributed by atoms with Crippen LogP contribution in [0.4, 0.5) is 5.69 Å². The SMILES string of the molecule is COc1ccc(NC(C#N)c2cccc(C)c2)cc1. The number of aryl methyl sites for hydroxylation is 1. The van der Waals surface area contributed by atoms with Crippen molar-refractivity contribution in [2.75, 3.05) is 12.4 Å². The van der Waals surface area contributed by atoms with Crippen LogP contribution < -0.4 is 10.1 Å². The summed E-state index contributed by atoms with van der Waals surface area (Å²) in [5.74, 6) is 0.801. The minimum Gasteiger partial charge on any atom is -0.497 e. The molecule has 0 aliphatic rings. The number of nitriles is 1. The standard InChI is InChI=1S/C16H16N2O/c1-12-4-3-5-13(10-12)16(11-17)18-14-6-8-15(19-2)9-7-14/h3-10,16,18H,1-2H3. The maximum Gasteiger partial charge on any atom is 0.140 e. The van der Waals surface area contributed by atoms with Gasteiger partial charge in [-0.3, -0.25) is 0 Å². The Hall–Kier alpha value is -2.47. The number of ether oxygens (including phenoxy) is 1. The van der Waals surface area contributed by atoms with Crippen molar-refractivity contribution in [1.29, 1.82) is 5.26 Å². The molecular formula is C16H16N2O. The second-order valence-electron chi connectivity index (χ2n) is 4.35. The predicted molar refractivity (Wildman–Crippen MR) is 76.1 cm³/mol. The molecule has 3 nitrogen and oxygen atoms in total. The van der Waals surface area contributed by atoms with Crippen molar-refractivity contribution in [3.05, 3.63) is 59.7 Å². The average molecular weight is 252 g/mol. The summed E-state index contributed by atoms with van der Waals surface area (Å²) in [4.78, 5) is 0. The van der Waals surface area contributed by atoms with E-state index in [1.807, 2.05) is 55.5 Å². The predicted octanol–water partition coefficient (Wildman–Crippen LogP) is 3.68. The van der Waals surface area contributed by atoms with Gasteiger partial charge in [0.2, 0.25) is 0 Å². The molecule has 3 heteroatoms. The summed E-state index contributed by atoms with van der Waals surface area (Å²) in [6, 6.07) is 17.4. The molecule has 96 valence electrons. The highest BCUT2D eigenvalue weighted by molar-refractivity contribution is 5.50. The highest BCUT2D eigenvalue weighted by atomic mass is 16.5. The lowest BCUT2D eigenvalue weighted by Crippen LogP contribution is -2.08. The van der Waals surface area contributed by atoms with Crippen molar-refractivity contribution in [1.82, 2.24) is 0 Å². The average Bonchev–Trinajstić information content (AvgIpc) is 2.45. The topological polar surface area (TPSA) is 45.0 Å². The second-order valence-corrected chi connectivity index (χ2v) is 4.35. The summed E-state index contributed by atoms with van der Waals surface area (Å²) in [6.45, 7) is 2.02. The molecule has 0 heterocycles. The van der Waals surface area contributed by atoms with Gasteiger partial charge in [0, 0.05) is 5.69 Å². The molecular weight excluding hydrogens is 236 g/mol. The summed E-state index contributed by atoms with van der Waals surface area (Å²) in [5.41, 5.74) is 3.02. The Labute approximate surface area is 113 Å². The molecule has 19 heavy (non-hydrogen) atoms. The summed E-state index contributed by atoms with van der Waals surface area (Å²) < 4.78 is 5.11. The first-order chi connectivity index (χ1) is 9.22. The first-order valence-electron chi connectivity index (χ1n) is 6.09. The van der Waals surface area contributed by atoms with E-state index in [0.29, 0.717) is 0 Å². The molecule has 0 radical (unpaired) electrons. The molecule has 1 unspecified atom stereocenters. The van der Waals surface area contributed by atoms with Crippen molar-refractivity contribution in [3.63, 3.8) is 0 Å². The van der Waals surface area contributed by atoms with E-state index in [1.54, 1.807) is 7.11 Å². The molecule has 1 N–H and O–H groups in total. The van der Waals surface area contributed by atoms with E-state index in [-0.39, 0.29) is 6.04 Å². The molecule has 0 amide bonds. The van der Waals surface area contributed by atoms with E-state index in [4.69, 9.17) is 4.74 Å². The highest BCUT2D eigenvalue weighted by Gasteiger charge is 2.10. The monoisotopic (exact) mass is 252 g/mol. The van der Waals surface area contributed by atoms with Crippen LogP contribution in [0.15, 0.2) is 48.5 Å². The number of anilines is 1. The van der Waals surface area contributed by atoms with Gasteiger partial charge in [0.05, 0.1) is 13.2 Å². The van der Waals surface area contributed by atoms with E-state index in [0.717, 1.165) is 22.6 Å². The molecule has 2 aromatic carbocycles.